The van der Waals surface area contributed by atoms with Gasteiger partial charge in [0.15, 0.2) is 0 Å². The third kappa shape index (κ3) is 0.828. The van der Waals surface area contributed by atoms with E-state index in [-0.39, 0.29) is 0 Å². The number of fused-ring (bicyclic) bond motifs is 1. The number of carbonyl (C=O) groups is 1. The van der Waals surface area contributed by atoms with Crippen molar-refractivity contribution in [1.29, 1.82) is 0 Å². The van der Waals surface area contributed by atoms with E-state index in [0.717, 1.165) is 12.8 Å². The zero-order valence-electron chi connectivity index (χ0n) is 5.39. The van der Waals surface area contributed by atoms with Gasteiger partial charge >= 0.3 is 0 Å². The Morgan fingerprint density at radius 3 is 2.50 bits per heavy atom. The second-order valence-electron chi connectivity index (χ2n) is 3.14. The number of Topliss-reactive ketones (excluding diaryl/α,β-unsaturated/α-hetero) is 1. The van der Waals surface area contributed by atoms with Crippen LogP contribution in [-0.2, 0) is 4.79 Å². The molecule has 0 aromatic rings. The van der Waals surface area contributed by atoms with Gasteiger partial charge in [0.1, 0.15) is 5.78 Å². The molecule has 3 heteroatoms. The first-order valence-corrected chi connectivity index (χ1v) is 5.34. The molecule has 4 atom stereocenters. The van der Waals surface area contributed by atoms with Gasteiger partial charge in [-0.2, -0.15) is 0 Å². The Morgan fingerprint density at radius 1 is 1.40 bits per heavy atom. The molecule has 0 saturated heterocycles. The van der Waals surface area contributed by atoms with E-state index in [2.05, 4.69) is 31.9 Å². The maximum atomic E-state index is 11.0. The summed E-state index contributed by atoms with van der Waals surface area (Å²) in [5.74, 6) is 1.49. The van der Waals surface area contributed by atoms with E-state index in [9.17, 15) is 4.79 Å². The number of halogens is 2. The predicted octanol–water partition coefficient (Wildman–Crippen LogP) is 2.12. The van der Waals surface area contributed by atoms with Gasteiger partial charge in [-0.3, -0.25) is 4.79 Å². The Balaban J connectivity index is 2.13. The average molecular weight is 268 g/mol. The highest BCUT2D eigenvalue weighted by Gasteiger charge is 2.51. The molecule has 2 saturated carbocycles. The molecule has 56 valence electrons. The number of ketones is 1. The fraction of sp³-hybridized carbons (Fsp3) is 0.857. The number of hydrogen-bond donors (Lipinski definition) is 0. The maximum Gasteiger partial charge on any atom is 0.136 e. The van der Waals surface area contributed by atoms with E-state index >= 15 is 0 Å². The van der Waals surface area contributed by atoms with Crippen molar-refractivity contribution in [2.45, 2.75) is 22.5 Å². The molecule has 0 aromatic carbocycles. The summed E-state index contributed by atoms with van der Waals surface area (Å²) in [4.78, 5) is 12.0. The van der Waals surface area contributed by atoms with Gasteiger partial charge in [0, 0.05) is 22.0 Å². The number of rotatable bonds is 0. The molecule has 0 aromatic heterocycles. The number of carbonyl (C=O) groups excluding carboxylic acids is 1. The summed E-state index contributed by atoms with van der Waals surface area (Å²) < 4.78 is 0. The van der Waals surface area contributed by atoms with Crippen molar-refractivity contribution in [3.63, 3.8) is 0 Å². The summed E-state index contributed by atoms with van der Waals surface area (Å²) in [5, 5.41) is 0. The van der Waals surface area contributed by atoms with Crippen molar-refractivity contribution >= 4 is 37.6 Å². The molecule has 0 spiro atoms. The SMILES string of the molecule is O=C1C[C@H]2C1C[C@@H](Br)[C@@H]2Br. The summed E-state index contributed by atoms with van der Waals surface area (Å²) in [5.41, 5.74) is 0. The third-order valence-corrected chi connectivity index (χ3v) is 5.57. The Morgan fingerprint density at radius 2 is 2.10 bits per heavy atom. The molecule has 2 aliphatic carbocycles. The molecular formula is C7H8Br2O. The molecule has 0 radical (unpaired) electrons. The number of alkyl halides is 2. The van der Waals surface area contributed by atoms with Crippen LogP contribution in [-0.4, -0.2) is 15.4 Å². The van der Waals surface area contributed by atoms with Crippen LogP contribution in [0, 0.1) is 11.8 Å². The molecule has 1 nitrogen and oxygen atoms in total. The van der Waals surface area contributed by atoms with Crippen molar-refractivity contribution < 1.29 is 4.79 Å². The van der Waals surface area contributed by atoms with Crippen molar-refractivity contribution in [1.82, 2.24) is 0 Å². The van der Waals surface area contributed by atoms with Gasteiger partial charge < -0.3 is 0 Å². The largest absolute Gasteiger partial charge is 0.299 e. The van der Waals surface area contributed by atoms with E-state index in [1.807, 2.05) is 0 Å². The van der Waals surface area contributed by atoms with Crippen molar-refractivity contribution in [3.05, 3.63) is 0 Å². The van der Waals surface area contributed by atoms with Crippen LogP contribution in [0.5, 0.6) is 0 Å². The van der Waals surface area contributed by atoms with E-state index in [0.29, 0.717) is 27.3 Å². The fourth-order valence-electron chi connectivity index (χ4n) is 1.89. The van der Waals surface area contributed by atoms with Crippen LogP contribution in [0.15, 0.2) is 0 Å². The van der Waals surface area contributed by atoms with Gasteiger partial charge in [0.25, 0.3) is 0 Å². The first kappa shape index (κ1) is 7.29. The topological polar surface area (TPSA) is 17.1 Å². The first-order valence-electron chi connectivity index (χ1n) is 3.51. The van der Waals surface area contributed by atoms with E-state index in [4.69, 9.17) is 0 Å². The molecule has 0 N–H and O–H groups in total. The minimum atomic E-state index is 0.383. The minimum Gasteiger partial charge on any atom is -0.299 e. The lowest BCUT2D eigenvalue weighted by Gasteiger charge is -2.29. The van der Waals surface area contributed by atoms with Gasteiger partial charge in [0.05, 0.1) is 0 Å². The second kappa shape index (κ2) is 2.31. The van der Waals surface area contributed by atoms with Crippen molar-refractivity contribution in [2.24, 2.45) is 11.8 Å². The van der Waals surface area contributed by atoms with Crippen LogP contribution >= 0.6 is 31.9 Å². The predicted molar refractivity (Wildman–Crippen MR) is 46.7 cm³/mol. The standard InChI is InChI=1S/C7H8Br2O/c8-5-1-3-4(7(5)9)2-6(3)10/h3-5,7H,1-2H2/t3?,4-,5+,7+/m0/s1. The molecule has 1 unspecified atom stereocenters. The monoisotopic (exact) mass is 266 g/mol. The zero-order valence-corrected chi connectivity index (χ0v) is 8.56. The molecule has 2 fully saturated rings. The summed E-state index contributed by atoms with van der Waals surface area (Å²) in [6.45, 7) is 0. The van der Waals surface area contributed by atoms with Gasteiger partial charge in [-0.15, -0.1) is 0 Å². The summed E-state index contributed by atoms with van der Waals surface area (Å²) in [7, 11) is 0. The second-order valence-corrected chi connectivity index (χ2v) is 5.37. The summed E-state index contributed by atoms with van der Waals surface area (Å²) in [6, 6.07) is 0. The van der Waals surface area contributed by atoms with Crippen molar-refractivity contribution in [2.75, 3.05) is 0 Å². The summed E-state index contributed by atoms with van der Waals surface area (Å²) in [6.07, 6.45) is 1.85. The van der Waals surface area contributed by atoms with Crippen LogP contribution in [0.1, 0.15) is 12.8 Å². The molecule has 2 aliphatic rings. The zero-order chi connectivity index (χ0) is 7.30. The normalized spacial score (nSPS) is 52.4. The van der Waals surface area contributed by atoms with E-state index in [1.165, 1.54) is 0 Å². The molecule has 0 bridgehead atoms. The highest BCUT2D eigenvalue weighted by molar-refractivity contribution is 9.12. The Kier molecular flexibility index (Phi) is 1.68. The smallest absolute Gasteiger partial charge is 0.136 e. The average Bonchev–Trinajstić information content (AvgIpc) is 2.12. The summed E-state index contributed by atoms with van der Waals surface area (Å²) >= 11 is 7.14. The molecule has 0 heterocycles. The lowest BCUT2D eigenvalue weighted by Crippen LogP contribution is -2.36. The lowest BCUT2D eigenvalue weighted by molar-refractivity contribution is -0.132. The maximum absolute atomic E-state index is 11.0. The Labute approximate surface area is 76.8 Å². The highest BCUT2D eigenvalue weighted by atomic mass is 79.9. The molecule has 2 rings (SSSR count). The van der Waals surface area contributed by atoms with Gasteiger partial charge in [0.2, 0.25) is 0 Å². The quantitative estimate of drug-likeness (QED) is 0.615. The highest BCUT2D eigenvalue weighted by Crippen LogP contribution is 2.49. The third-order valence-electron chi connectivity index (χ3n) is 2.60. The number of hydrogen-bond acceptors (Lipinski definition) is 1. The van der Waals surface area contributed by atoms with E-state index in [1.54, 1.807) is 0 Å². The first-order chi connectivity index (χ1) is 4.70. The Hall–Kier alpha value is 0.630. The van der Waals surface area contributed by atoms with Crippen molar-refractivity contribution in [3.8, 4) is 0 Å². The van der Waals surface area contributed by atoms with E-state index < -0.39 is 0 Å². The van der Waals surface area contributed by atoms with Crippen LogP contribution in [0.4, 0.5) is 0 Å². The lowest BCUT2D eigenvalue weighted by atomic mass is 9.75. The van der Waals surface area contributed by atoms with Gasteiger partial charge in [-0.05, 0) is 12.3 Å². The molecule has 0 aliphatic heterocycles. The fourth-order valence-corrected chi connectivity index (χ4v) is 3.45. The molecule has 10 heavy (non-hydrogen) atoms. The van der Waals surface area contributed by atoms with Gasteiger partial charge in [-0.1, -0.05) is 31.9 Å². The molecule has 0 amide bonds. The van der Waals surface area contributed by atoms with Crippen LogP contribution in [0.3, 0.4) is 0 Å². The Bertz CT molecular complexity index is 180. The molecular weight excluding hydrogens is 260 g/mol. The van der Waals surface area contributed by atoms with Crippen LogP contribution < -0.4 is 0 Å². The van der Waals surface area contributed by atoms with Gasteiger partial charge in [-0.25, -0.2) is 0 Å². The van der Waals surface area contributed by atoms with Crippen LogP contribution in [0.25, 0.3) is 0 Å². The minimum absolute atomic E-state index is 0.383. The van der Waals surface area contributed by atoms with Crippen LogP contribution in [0.2, 0.25) is 0 Å².